The van der Waals surface area contributed by atoms with E-state index in [0.717, 1.165) is 18.1 Å². The summed E-state index contributed by atoms with van der Waals surface area (Å²) in [4.78, 5) is 1.22. The van der Waals surface area contributed by atoms with E-state index in [-0.39, 0.29) is 0 Å². The lowest BCUT2D eigenvalue weighted by Gasteiger charge is -2.09. The summed E-state index contributed by atoms with van der Waals surface area (Å²) in [6.07, 6.45) is 2.06. The van der Waals surface area contributed by atoms with Crippen LogP contribution in [0.5, 0.6) is 0 Å². The van der Waals surface area contributed by atoms with Gasteiger partial charge in [-0.15, -0.1) is 11.8 Å². The molecule has 0 fully saturated rings. The number of hydrogen-bond acceptors (Lipinski definition) is 2. The van der Waals surface area contributed by atoms with Crippen molar-refractivity contribution in [2.24, 2.45) is 5.92 Å². The quantitative estimate of drug-likeness (QED) is 0.790. The summed E-state index contributed by atoms with van der Waals surface area (Å²) >= 11 is 7.89. The highest BCUT2D eigenvalue weighted by Crippen LogP contribution is 2.23. The third kappa shape index (κ3) is 4.45. The van der Waals surface area contributed by atoms with Crippen LogP contribution in [0.4, 0.5) is 0 Å². The summed E-state index contributed by atoms with van der Waals surface area (Å²) < 4.78 is 0. The van der Waals surface area contributed by atoms with Gasteiger partial charge in [-0.1, -0.05) is 31.5 Å². The predicted octanol–water partition coefficient (Wildman–Crippen LogP) is 3.81. The van der Waals surface area contributed by atoms with Gasteiger partial charge in [-0.25, -0.2) is 0 Å². The molecular formula is C12H18ClNS. The topological polar surface area (TPSA) is 12.0 Å². The van der Waals surface area contributed by atoms with E-state index in [1.54, 1.807) is 11.8 Å². The summed E-state index contributed by atoms with van der Waals surface area (Å²) in [6.45, 7) is 6.28. The van der Waals surface area contributed by atoms with E-state index in [2.05, 4.69) is 37.6 Å². The second kappa shape index (κ2) is 6.41. The molecule has 1 N–H and O–H groups in total. The Balaban J connectivity index is 2.54. The van der Waals surface area contributed by atoms with Crippen LogP contribution >= 0.6 is 23.4 Å². The first-order chi connectivity index (χ1) is 7.13. The van der Waals surface area contributed by atoms with Gasteiger partial charge in [0.1, 0.15) is 0 Å². The number of rotatable bonds is 5. The van der Waals surface area contributed by atoms with Gasteiger partial charge >= 0.3 is 0 Å². The lowest BCUT2D eigenvalue weighted by Crippen LogP contribution is -2.19. The molecule has 3 heteroatoms. The van der Waals surface area contributed by atoms with E-state index in [1.807, 2.05) is 6.07 Å². The molecule has 84 valence electrons. The molecule has 0 aromatic heterocycles. The average Bonchev–Trinajstić information content (AvgIpc) is 2.20. The van der Waals surface area contributed by atoms with Crippen molar-refractivity contribution in [1.82, 2.24) is 5.32 Å². The van der Waals surface area contributed by atoms with Crippen LogP contribution in [0.3, 0.4) is 0 Å². The van der Waals surface area contributed by atoms with Gasteiger partial charge in [-0.3, -0.25) is 0 Å². The minimum absolute atomic E-state index is 0.675. The zero-order chi connectivity index (χ0) is 11.3. The molecule has 1 rings (SSSR count). The standard InChI is InChI=1S/C12H18ClNS/c1-9(2)7-14-8-10-4-5-11(15-3)6-12(10)13/h4-6,9,14H,7-8H2,1-3H3. The lowest BCUT2D eigenvalue weighted by molar-refractivity contribution is 0.552. The summed E-state index contributed by atoms with van der Waals surface area (Å²) in [5.74, 6) is 0.675. The molecule has 0 aliphatic rings. The van der Waals surface area contributed by atoms with E-state index < -0.39 is 0 Å². The highest BCUT2D eigenvalue weighted by atomic mass is 35.5. The van der Waals surface area contributed by atoms with E-state index in [1.165, 1.54) is 10.5 Å². The summed E-state index contributed by atoms with van der Waals surface area (Å²) in [6, 6.07) is 6.24. The second-order valence-corrected chi connectivity index (χ2v) is 5.27. The number of nitrogens with one attached hydrogen (secondary N) is 1. The maximum atomic E-state index is 6.17. The lowest BCUT2D eigenvalue weighted by atomic mass is 10.2. The van der Waals surface area contributed by atoms with Crippen LogP contribution in [0, 0.1) is 5.92 Å². The highest BCUT2D eigenvalue weighted by Gasteiger charge is 2.01. The molecule has 0 aliphatic heterocycles. The van der Waals surface area contributed by atoms with Crippen LogP contribution in [-0.4, -0.2) is 12.8 Å². The predicted molar refractivity (Wildman–Crippen MR) is 69.8 cm³/mol. The molecule has 1 aromatic rings. The molecule has 0 saturated heterocycles. The van der Waals surface area contributed by atoms with Gasteiger partial charge in [0.25, 0.3) is 0 Å². The monoisotopic (exact) mass is 243 g/mol. The van der Waals surface area contributed by atoms with Crippen molar-refractivity contribution in [3.05, 3.63) is 28.8 Å². The molecule has 0 heterocycles. The second-order valence-electron chi connectivity index (χ2n) is 3.98. The van der Waals surface area contributed by atoms with Crippen LogP contribution < -0.4 is 5.32 Å². The molecule has 15 heavy (non-hydrogen) atoms. The maximum Gasteiger partial charge on any atom is 0.0462 e. The zero-order valence-corrected chi connectivity index (χ0v) is 11.1. The smallest absolute Gasteiger partial charge is 0.0462 e. The molecule has 0 radical (unpaired) electrons. The van der Waals surface area contributed by atoms with Gasteiger partial charge in [0.05, 0.1) is 0 Å². The first kappa shape index (κ1) is 12.9. The van der Waals surface area contributed by atoms with Gasteiger partial charge in [0, 0.05) is 16.5 Å². The first-order valence-electron chi connectivity index (χ1n) is 5.16. The van der Waals surface area contributed by atoms with Crippen molar-refractivity contribution < 1.29 is 0 Å². The van der Waals surface area contributed by atoms with Crippen molar-refractivity contribution in [3.63, 3.8) is 0 Å². The molecule has 0 unspecified atom stereocenters. The Labute approximate surface area is 102 Å². The van der Waals surface area contributed by atoms with Gasteiger partial charge in [-0.05, 0) is 36.4 Å². The molecule has 1 aromatic carbocycles. The van der Waals surface area contributed by atoms with Gasteiger partial charge in [0.2, 0.25) is 0 Å². The SMILES string of the molecule is CSc1ccc(CNCC(C)C)c(Cl)c1. The average molecular weight is 244 g/mol. The van der Waals surface area contributed by atoms with Crippen LogP contribution in [0.15, 0.2) is 23.1 Å². The highest BCUT2D eigenvalue weighted by molar-refractivity contribution is 7.98. The van der Waals surface area contributed by atoms with Crippen LogP contribution in [-0.2, 0) is 6.54 Å². The number of halogens is 1. The van der Waals surface area contributed by atoms with E-state index in [9.17, 15) is 0 Å². The Morgan fingerprint density at radius 1 is 1.40 bits per heavy atom. The Morgan fingerprint density at radius 2 is 2.13 bits per heavy atom. The molecular weight excluding hydrogens is 226 g/mol. The molecule has 1 nitrogen and oxygen atoms in total. The molecule has 0 bridgehead atoms. The third-order valence-electron chi connectivity index (χ3n) is 2.13. The van der Waals surface area contributed by atoms with E-state index in [4.69, 9.17) is 11.6 Å². The Kier molecular flexibility index (Phi) is 5.51. The first-order valence-corrected chi connectivity index (χ1v) is 6.77. The molecule has 0 atom stereocenters. The molecule has 0 amide bonds. The zero-order valence-electron chi connectivity index (χ0n) is 9.51. The Morgan fingerprint density at radius 3 is 2.67 bits per heavy atom. The van der Waals surface area contributed by atoms with Crippen LogP contribution in [0.1, 0.15) is 19.4 Å². The number of hydrogen-bond donors (Lipinski definition) is 1. The molecule has 0 spiro atoms. The van der Waals surface area contributed by atoms with E-state index in [0.29, 0.717) is 5.92 Å². The summed E-state index contributed by atoms with van der Waals surface area (Å²) in [7, 11) is 0. The van der Waals surface area contributed by atoms with Crippen molar-refractivity contribution in [2.75, 3.05) is 12.8 Å². The number of benzene rings is 1. The fourth-order valence-electron chi connectivity index (χ4n) is 1.29. The van der Waals surface area contributed by atoms with Crippen LogP contribution in [0.25, 0.3) is 0 Å². The van der Waals surface area contributed by atoms with Crippen molar-refractivity contribution in [2.45, 2.75) is 25.3 Å². The summed E-state index contributed by atoms with van der Waals surface area (Å²) in [5, 5.41) is 4.25. The van der Waals surface area contributed by atoms with Gasteiger partial charge < -0.3 is 5.32 Å². The minimum Gasteiger partial charge on any atom is -0.312 e. The Hall–Kier alpha value is -0.180. The van der Waals surface area contributed by atoms with Crippen LogP contribution in [0.2, 0.25) is 5.02 Å². The van der Waals surface area contributed by atoms with Crippen molar-refractivity contribution in [1.29, 1.82) is 0 Å². The third-order valence-corrected chi connectivity index (χ3v) is 3.21. The molecule has 0 saturated carbocycles. The normalized spacial score (nSPS) is 11.0. The molecule has 0 aliphatic carbocycles. The van der Waals surface area contributed by atoms with Crippen molar-refractivity contribution >= 4 is 23.4 Å². The van der Waals surface area contributed by atoms with Gasteiger partial charge in [-0.2, -0.15) is 0 Å². The fraction of sp³-hybridized carbons (Fsp3) is 0.500. The van der Waals surface area contributed by atoms with Gasteiger partial charge in [0.15, 0.2) is 0 Å². The minimum atomic E-state index is 0.675. The van der Waals surface area contributed by atoms with Crippen molar-refractivity contribution in [3.8, 4) is 0 Å². The summed E-state index contributed by atoms with van der Waals surface area (Å²) in [5.41, 5.74) is 1.18. The largest absolute Gasteiger partial charge is 0.312 e. The number of thioether (sulfide) groups is 1. The fourth-order valence-corrected chi connectivity index (χ4v) is 2.05. The van der Waals surface area contributed by atoms with E-state index >= 15 is 0 Å². The Bertz CT molecular complexity index is 312. The maximum absolute atomic E-state index is 6.17.